The number of nitrogens with zero attached hydrogens (tertiary/aromatic N) is 1. The molecular formula is C22H28N2O3S. The quantitative estimate of drug-likeness (QED) is 0.801. The lowest BCUT2D eigenvalue weighted by molar-refractivity contribution is 0.0932. The van der Waals surface area contributed by atoms with Crippen molar-refractivity contribution in [3.8, 4) is 0 Å². The summed E-state index contributed by atoms with van der Waals surface area (Å²) < 4.78 is 27.1. The minimum atomic E-state index is -3.60. The summed E-state index contributed by atoms with van der Waals surface area (Å²) in [7, 11) is -3.60. The van der Waals surface area contributed by atoms with Gasteiger partial charge in [-0.3, -0.25) is 4.79 Å². The number of hydrogen-bond donors (Lipinski definition) is 1. The van der Waals surface area contributed by atoms with Crippen molar-refractivity contribution < 1.29 is 13.2 Å². The van der Waals surface area contributed by atoms with Gasteiger partial charge in [-0.25, -0.2) is 8.42 Å². The molecule has 28 heavy (non-hydrogen) atoms. The van der Waals surface area contributed by atoms with E-state index in [0.29, 0.717) is 18.7 Å². The molecule has 5 nitrogen and oxygen atoms in total. The Bertz CT molecular complexity index is 965. The van der Waals surface area contributed by atoms with Gasteiger partial charge in [-0.2, -0.15) is 4.31 Å². The first-order valence-electron chi connectivity index (χ1n) is 9.88. The molecule has 1 aliphatic carbocycles. The van der Waals surface area contributed by atoms with Crippen molar-refractivity contribution in [3.63, 3.8) is 0 Å². The molecule has 0 spiro atoms. The second-order valence-corrected chi connectivity index (χ2v) is 9.12. The van der Waals surface area contributed by atoms with E-state index >= 15 is 0 Å². The molecule has 0 aliphatic heterocycles. The van der Waals surface area contributed by atoms with Crippen molar-refractivity contribution in [1.29, 1.82) is 0 Å². The van der Waals surface area contributed by atoms with Gasteiger partial charge in [-0.15, -0.1) is 0 Å². The topological polar surface area (TPSA) is 66.5 Å². The monoisotopic (exact) mass is 400 g/mol. The van der Waals surface area contributed by atoms with Gasteiger partial charge in [0, 0.05) is 18.7 Å². The fourth-order valence-corrected chi connectivity index (χ4v) is 5.34. The van der Waals surface area contributed by atoms with Crippen LogP contribution in [-0.4, -0.2) is 31.7 Å². The molecule has 0 fully saturated rings. The molecule has 0 bridgehead atoms. The van der Waals surface area contributed by atoms with Crippen molar-refractivity contribution in [2.75, 3.05) is 13.1 Å². The number of nitrogens with one attached hydrogen (secondary N) is 1. The van der Waals surface area contributed by atoms with Crippen LogP contribution in [0.25, 0.3) is 0 Å². The highest BCUT2D eigenvalue weighted by Gasteiger charge is 2.25. The molecule has 1 N–H and O–H groups in total. The normalized spacial score (nSPS) is 16.6. The molecule has 1 aliphatic rings. The zero-order valence-corrected chi connectivity index (χ0v) is 17.6. The minimum absolute atomic E-state index is 0.0418. The van der Waals surface area contributed by atoms with Crippen molar-refractivity contribution >= 4 is 15.9 Å². The van der Waals surface area contributed by atoms with E-state index in [2.05, 4.69) is 17.4 Å². The zero-order chi connectivity index (χ0) is 20.3. The molecule has 0 aromatic heterocycles. The molecule has 0 heterocycles. The van der Waals surface area contributed by atoms with E-state index in [1.54, 1.807) is 12.1 Å². The number of hydrogen-bond acceptors (Lipinski definition) is 3. The van der Waals surface area contributed by atoms with Crippen molar-refractivity contribution in [3.05, 3.63) is 64.7 Å². The summed E-state index contributed by atoms with van der Waals surface area (Å²) in [6, 6.07) is 12.9. The summed E-state index contributed by atoms with van der Waals surface area (Å²) in [5, 5.41) is 3.12. The maximum atomic E-state index is 13.0. The summed E-state index contributed by atoms with van der Waals surface area (Å²) in [5.74, 6) is -0.226. The van der Waals surface area contributed by atoms with Crippen LogP contribution in [0.1, 0.15) is 59.8 Å². The summed E-state index contributed by atoms with van der Waals surface area (Å²) in [6.45, 7) is 6.24. The predicted molar refractivity (Wildman–Crippen MR) is 111 cm³/mol. The lowest BCUT2D eigenvalue weighted by Gasteiger charge is -2.26. The maximum Gasteiger partial charge on any atom is 0.252 e. The lowest BCUT2D eigenvalue weighted by atomic mass is 9.87. The van der Waals surface area contributed by atoms with Gasteiger partial charge in [0.15, 0.2) is 0 Å². The number of fused-ring (bicyclic) bond motifs is 1. The fraction of sp³-hybridized carbons (Fsp3) is 0.409. The Balaban J connectivity index is 1.89. The third kappa shape index (κ3) is 3.98. The van der Waals surface area contributed by atoms with E-state index in [1.165, 1.54) is 15.9 Å². The maximum absolute atomic E-state index is 13.0. The van der Waals surface area contributed by atoms with Crippen LogP contribution in [0.3, 0.4) is 0 Å². The van der Waals surface area contributed by atoms with E-state index in [-0.39, 0.29) is 16.8 Å². The Kier molecular flexibility index (Phi) is 6.20. The molecule has 3 rings (SSSR count). The molecular weight excluding hydrogens is 372 g/mol. The van der Waals surface area contributed by atoms with Gasteiger partial charge in [-0.05, 0) is 55.0 Å². The van der Waals surface area contributed by atoms with Crippen LogP contribution in [0.4, 0.5) is 0 Å². The van der Waals surface area contributed by atoms with Crippen LogP contribution in [0.5, 0.6) is 0 Å². The predicted octanol–water partition coefficient (Wildman–Crippen LogP) is 3.83. The minimum Gasteiger partial charge on any atom is -0.345 e. The van der Waals surface area contributed by atoms with Crippen LogP contribution >= 0.6 is 0 Å². The van der Waals surface area contributed by atoms with Gasteiger partial charge < -0.3 is 5.32 Å². The first kappa shape index (κ1) is 20.6. The fourth-order valence-electron chi connectivity index (χ4n) is 3.86. The van der Waals surface area contributed by atoms with E-state index in [9.17, 15) is 13.2 Å². The van der Waals surface area contributed by atoms with E-state index in [0.717, 1.165) is 30.4 Å². The van der Waals surface area contributed by atoms with Gasteiger partial charge in [0.2, 0.25) is 10.0 Å². The van der Waals surface area contributed by atoms with E-state index in [4.69, 9.17) is 0 Å². The summed E-state index contributed by atoms with van der Waals surface area (Å²) in [4.78, 5) is 13.2. The number of aryl methyl sites for hydroxylation is 2. The van der Waals surface area contributed by atoms with E-state index < -0.39 is 10.0 Å². The first-order valence-corrected chi connectivity index (χ1v) is 11.3. The molecule has 0 radical (unpaired) electrons. The van der Waals surface area contributed by atoms with Gasteiger partial charge >= 0.3 is 0 Å². The number of benzene rings is 2. The zero-order valence-electron chi connectivity index (χ0n) is 16.7. The number of rotatable bonds is 6. The highest BCUT2D eigenvalue weighted by molar-refractivity contribution is 7.89. The SMILES string of the molecule is CCN(CC)S(=O)(=O)c1ccc(C)c(C(=O)N[C@@H]2CCCc3ccccc32)c1. The van der Waals surface area contributed by atoms with Gasteiger partial charge in [-0.1, -0.05) is 44.2 Å². The number of carbonyl (C=O) groups excluding carboxylic acids is 1. The number of sulfonamides is 1. The second kappa shape index (κ2) is 8.45. The Hall–Kier alpha value is -2.18. The van der Waals surface area contributed by atoms with Crippen molar-refractivity contribution in [2.24, 2.45) is 0 Å². The standard InChI is InChI=1S/C22H28N2O3S/c1-4-24(5-2)28(26,27)18-14-13-16(3)20(15-18)22(25)23-21-12-8-10-17-9-6-7-11-19(17)21/h6-7,9,11,13-15,21H,4-5,8,10,12H2,1-3H3,(H,23,25)/t21-/m1/s1. The number of amides is 1. The average molecular weight is 401 g/mol. The summed E-state index contributed by atoms with van der Waals surface area (Å²) >= 11 is 0. The lowest BCUT2D eigenvalue weighted by Crippen LogP contribution is -2.32. The number of carbonyl (C=O) groups is 1. The molecule has 1 atom stereocenters. The molecule has 150 valence electrons. The Morgan fingerprint density at radius 2 is 1.86 bits per heavy atom. The van der Waals surface area contributed by atoms with Crippen LogP contribution in [-0.2, 0) is 16.4 Å². The van der Waals surface area contributed by atoms with E-state index in [1.807, 2.05) is 32.9 Å². The average Bonchev–Trinajstić information content (AvgIpc) is 2.69. The van der Waals surface area contributed by atoms with Crippen LogP contribution in [0.15, 0.2) is 47.4 Å². The van der Waals surface area contributed by atoms with Crippen molar-refractivity contribution in [1.82, 2.24) is 9.62 Å². The molecule has 0 unspecified atom stereocenters. The molecule has 2 aromatic carbocycles. The third-order valence-corrected chi connectivity index (χ3v) is 7.52. The van der Waals surface area contributed by atoms with Gasteiger partial charge in [0.05, 0.1) is 10.9 Å². The molecule has 2 aromatic rings. The largest absolute Gasteiger partial charge is 0.345 e. The van der Waals surface area contributed by atoms with Gasteiger partial charge in [0.1, 0.15) is 0 Å². The summed E-state index contributed by atoms with van der Waals surface area (Å²) in [5.41, 5.74) is 3.61. The Morgan fingerprint density at radius 3 is 2.57 bits per heavy atom. The Morgan fingerprint density at radius 1 is 1.14 bits per heavy atom. The highest BCUT2D eigenvalue weighted by atomic mass is 32.2. The second-order valence-electron chi connectivity index (χ2n) is 7.18. The molecule has 6 heteroatoms. The summed E-state index contributed by atoms with van der Waals surface area (Å²) in [6.07, 6.45) is 2.94. The van der Waals surface area contributed by atoms with Crippen LogP contribution < -0.4 is 5.32 Å². The van der Waals surface area contributed by atoms with Gasteiger partial charge in [0.25, 0.3) is 5.91 Å². The molecule has 0 saturated carbocycles. The van der Waals surface area contributed by atoms with Crippen LogP contribution in [0.2, 0.25) is 0 Å². The first-order chi connectivity index (χ1) is 13.4. The van der Waals surface area contributed by atoms with Crippen LogP contribution in [0, 0.1) is 6.92 Å². The molecule has 0 saturated heterocycles. The smallest absolute Gasteiger partial charge is 0.252 e. The third-order valence-electron chi connectivity index (χ3n) is 5.47. The highest BCUT2D eigenvalue weighted by Crippen LogP contribution is 2.30. The molecule has 1 amide bonds. The Labute approximate surface area is 167 Å². The van der Waals surface area contributed by atoms with Crippen molar-refractivity contribution in [2.45, 2.75) is 51.0 Å².